The molecule has 2 aromatic carbocycles. The molecule has 0 bridgehead atoms. The van der Waals surface area contributed by atoms with Crippen molar-refractivity contribution in [1.82, 2.24) is 19.9 Å². The lowest BCUT2D eigenvalue weighted by Crippen LogP contribution is -2.48. The third kappa shape index (κ3) is 6.30. The number of carbonyl (C=O) groups excluding carboxylic acids is 2. The summed E-state index contributed by atoms with van der Waals surface area (Å²) in [5.41, 5.74) is 1.86. The van der Waals surface area contributed by atoms with E-state index in [9.17, 15) is 14.7 Å². The van der Waals surface area contributed by atoms with Crippen molar-refractivity contribution in [2.75, 3.05) is 6.54 Å². The van der Waals surface area contributed by atoms with Crippen LogP contribution in [0.1, 0.15) is 72.7 Å². The molecule has 0 unspecified atom stereocenters. The number of rotatable bonds is 9. The van der Waals surface area contributed by atoms with Gasteiger partial charge in [0.2, 0.25) is 5.91 Å². The van der Waals surface area contributed by atoms with E-state index in [1.54, 1.807) is 47.3 Å². The fourth-order valence-corrected chi connectivity index (χ4v) is 4.63. The number of carbonyl (C=O) groups is 2. The van der Waals surface area contributed by atoms with E-state index in [0.29, 0.717) is 35.7 Å². The minimum Gasteiger partial charge on any atom is -0.455 e. The predicted molar refractivity (Wildman–Crippen MR) is 135 cm³/mol. The predicted octanol–water partition coefficient (Wildman–Crippen LogP) is 4.74. The van der Waals surface area contributed by atoms with Gasteiger partial charge in [0.1, 0.15) is 12.3 Å². The van der Waals surface area contributed by atoms with Crippen molar-refractivity contribution >= 4 is 23.5 Å². The molecule has 1 aliphatic heterocycles. The Morgan fingerprint density at radius 1 is 1.11 bits per heavy atom. The fraction of sp³-hybridized carbons (Fsp3) is 0.407. The number of likely N-dealkylation sites (tertiary alicyclic amines) is 1. The summed E-state index contributed by atoms with van der Waals surface area (Å²) in [7, 11) is 0. The van der Waals surface area contributed by atoms with Crippen molar-refractivity contribution < 1.29 is 19.4 Å². The van der Waals surface area contributed by atoms with Gasteiger partial charge in [-0.05, 0) is 36.2 Å². The van der Waals surface area contributed by atoms with E-state index in [4.69, 9.17) is 16.3 Å². The number of hydrogen-bond donors (Lipinski definition) is 1. The lowest BCUT2D eigenvalue weighted by atomic mass is 9.90. The van der Waals surface area contributed by atoms with Gasteiger partial charge in [-0.1, -0.05) is 66.9 Å². The SMILES string of the molecule is CCCCCC(=O)N1C[C@@H](n2cc(COC(=O)c3ccccc3)nn2)[C@H](O)C[C@H]1c1ccc(Cl)cc1. The molecule has 0 spiro atoms. The number of ether oxygens (including phenoxy) is 1. The molecule has 0 aliphatic carbocycles. The summed E-state index contributed by atoms with van der Waals surface area (Å²) in [6.45, 7) is 2.36. The number of aliphatic hydroxyl groups excluding tert-OH is 1. The lowest BCUT2D eigenvalue weighted by molar-refractivity contribution is -0.139. The van der Waals surface area contributed by atoms with E-state index >= 15 is 0 Å². The number of esters is 1. The van der Waals surface area contributed by atoms with Crippen LogP contribution in [0.15, 0.2) is 60.8 Å². The van der Waals surface area contributed by atoms with Gasteiger partial charge < -0.3 is 14.7 Å². The van der Waals surface area contributed by atoms with E-state index in [2.05, 4.69) is 17.2 Å². The molecular formula is C27H31ClN4O4. The van der Waals surface area contributed by atoms with Crippen LogP contribution in [0.25, 0.3) is 0 Å². The number of halogens is 1. The first-order valence-electron chi connectivity index (χ1n) is 12.3. The van der Waals surface area contributed by atoms with Gasteiger partial charge in [0.15, 0.2) is 0 Å². The minimum atomic E-state index is -0.744. The van der Waals surface area contributed by atoms with Crippen LogP contribution in [0.2, 0.25) is 5.02 Å². The van der Waals surface area contributed by atoms with Crippen LogP contribution in [0.5, 0.6) is 0 Å². The average Bonchev–Trinajstić information content (AvgIpc) is 3.37. The highest BCUT2D eigenvalue weighted by atomic mass is 35.5. The average molecular weight is 511 g/mol. The summed E-state index contributed by atoms with van der Waals surface area (Å²) >= 11 is 6.07. The molecule has 4 rings (SSSR count). The Kier molecular flexibility index (Phi) is 8.72. The largest absolute Gasteiger partial charge is 0.455 e. The second kappa shape index (κ2) is 12.1. The fourth-order valence-electron chi connectivity index (χ4n) is 4.51. The van der Waals surface area contributed by atoms with Crippen LogP contribution in [0.3, 0.4) is 0 Å². The molecule has 3 aromatic rings. The van der Waals surface area contributed by atoms with Crippen LogP contribution in [0, 0.1) is 0 Å². The molecule has 190 valence electrons. The summed E-state index contributed by atoms with van der Waals surface area (Å²) in [5.74, 6) is -0.394. The van der Waals surface area contributed by atoms with Crippen LogP contribution < -0.4 is 0 Å². The standard InChI is InChI=1S/C27H31ClN4O4/c1-2-3-5-10-26(34)31-17-24(25(33)15-23(31)19-11-13-21(28)14-12-19)32-16-22(29-30-32)18-36-27(35)20-8-6-4-7-9-20/h4,6-9,11-14,16,23-25,33H,2-3,5,10,15,17-18H2,1H3/t23-,24+,25+/m0/s1. The summed E-state index contributed by atoms with van der Waals surface area (Å²) in [6, 6.07) is 15.4. The number of amides is 1. The van der Waals surface area contributed by atoms with Crippen molar-refractivity contribution in [2.45, 2.75) is 63.8 Å². The van der Waals surface area contributed by atoms with Crippen molar-refractivity contribution in [3.05, 3.63) is 82.6 Å². The number of nitrogens with zero attached hydrogens (tertiary/aromatic N) is 4. The summed E-state index contributed by atoms with van der Waals surface area (Å²) in [5, 5.41) is 20.0. The van der Waals surface area contributed by atoms with E-state index < -0.39 is 18.1 Å². The van der Waals surface area contributed by atoms with Gasteiger partial charge in [-0.2, -0.15) is 0 Å². The monoisotopic (exact) mass is 510 g/mol. The zero-order valence-electron chi connectivity index (χ0n) is 20.3. The Morgan fingerprint density at radius 2 is 1.86 bits per heavy atom. The smallest absolute Gasteiger partial charge is 0.338 e. The normalized spacial score (nSPS) is 19.8. The molecule has 36 heavy (non-hydrogen) atoms. The molecule has 9 heteroatoms. The van der Waals surface area contributed by atoms with E-state index in [1.165, 1.54) is 0 Å². The Hall–Kier alpha value is -3.23. The first-order valence-corrected chi connectivity index (χ1v) is 12.7. The first-order chi connectivity index (χ1) is 17.5. The second-order valence-corrected chi connectivity index (χ2v) is 9.51. The van der Waals surface area contributed by atoms with Crippen molar-refractivity contribution in [2.24, 2.45) is 0 Å². The van der Waals surface area contributed by atoms with E-state index in [0.717, 1.165) is 24.8 Å². The molecule has 2 heterocycles. The zero-order valence-corrected chi connectivity index (χ0v) is 21.1. The number of aromatic nitrogens is 3. The number of aliphatic hydroxyl groups is 1. The van der Waals surface area contributed by atoms with Gasteiger partial charge >= 0.3 is 5.97 Å². The van der Waals surface area contributed by atoms with Crippen LogP contribution >= 0.6 is 11.6 Å². The maximum atomic E-state index is 13.2. The first kappa shape index (κ1) is 25.9. The van der Waals surface area contributed by atoms with E-state index in [-0.39, 0.29) is 18.6 Å². The zero-order chi connectivity index (χ0) is 25.5. The summed E-state index contributed by atoms with van der Waals surface area (Å²) < 4.78 is 6.92. The van der Waals surface area contributed by atoms with Gasteiger partial charge in [-0.15, -0.1) is 5.10 Å². The second-order valence-electron chi connectivity index (χ2n) is 9.07. The number of hydrogen-bond acceptors (Lipinski definition) is 6. The highest BCUT2D eigenvalue weighted by Crippen LogP contribution is 2.36. The minimum absolute atomic E-state index is 0.0381. The molecule has 1 fully saturated rings. The van der Waals surface area contributed by atoms with Crippen LogP contribution in [-0.4, -0.2) is 49.5 Å². The van der Waals surface area contributed by atoms with Crippen molar-refractivity contribution in [3.8, 4) is 0 Å². The summed E-state index contributed by atoms with van der Waals surface area (Å²) in [6.07, 6.45) is 4.59. The number of benzene rings is 2. The summed E-state index contributed by atoms with van der Waals surface area (Å²) in [4.78, 5) is 27.3. The van der Waals surface area contributed by atoms with E-state index in [1.807, 2.05) is 23.1 Å². The highest BCUT2D eigenvalue weighted by molar-refractivity contribution is 6.30. The molecule has 8 nitrogen and oxygen atoms in total. The molecule has 1 N–H and O–H groups in total. The molecule has 1 amide bonds. The molecule has 1 saturated heterocycles. The quantitative estimate of drug-likeness (QED) is 0.330. The third-order valence-corrected chi connectivity index (χ3v) is 6.75. The van der Waals surface area contributed by atoms with Crippen LogP contribution in [0.4, 0.5) is 0 Å². The lowest BCUT2D eigenvalue weighted by Gasteiger charge is -2.42. The molecular weight excluding hydrogens is 480 g/mol. The topological polar surface area (TPSA) is 97.6 Å². The number of unbranched alkanes of at least 4 members (excludes halogenated alkanes) is 2. The Balaban J connectivity index is 1.47. The molecule has 1 aliphatic rings. The third-order valence-electron chi connectivity index (χ3n) is 6.50. The number of piperidine rings is 1. The van der Waals surface area contributed by atoms with Crippen molar-refractivity contribution in [3.63, 3.8) is 0 Å². The van der Waals surface area contributed by atoms with Gasteiger partial charge in [0.05, 0.1) is 29.9 Å². The van der Waals surface area contributed by atoms with Gasteiger partial charge in [0.25, 0.3) is 0 Å². The maximum Gasteiger partial charge on any atom is 0.338 e. The van der Waals surface area contributed by atoms with Gasteiger partial charge in [-0.3, -0.25) is 4.79 Å². The molecule has 0 radical (unpaired) electrons. The molecule has 3 atom stereocenters. The Labute approximate surface area is 215 Å². The van der Waals surface area contributed by atoms with Crippen LogP contribution in [-0.2, 0) is 16.1 Å². The highest BCUT2D eigenvalue weighted by Gasteiger charge is 2.39. The van der Waals surface area contributed by atoms with Gasteiger partial charge in [0, 0.05) is 24.4 Å². The van der Waals surface area contributed by atoms with Gasteiger partial charge in [-0.25, -0.2) is 9.48 Å². The molecule has 0 saturated carbocycles. The Bertz CT molecular complexity index is 1150. The molecule has 1 aromatic heterocycles. The maximum absolute atomic E-state index is 13.2. The Morgan fingerprint density at radius 3 is 2.58 bits per heavy atom. The van der Waals surface area contributed by atoms with Crippen molar-refractivity contribution in [1.29, 1.82) is 0 Å².